The topological polar surface area (TPSA) is 46.2 Å². The minimum atomic E-state index is -0.0290. The van der Waals surface area contributed by atoms with E-state index in [0.717, 1.165) is 37.8 Å². The van der Waals surface area contributed by atoms with Gasteiger partial charge in [-0.3, -0.25) is 9.59 Å². The Labute approximate surface area is 123 Å². The quantitative estimate of drug-likeness (QED) is 0.903. The first-order valence-electron chi connectivity index (χ1n) is 7.23. The molecule has 106 valence electrons. The molecule has 0 aromatic heterocycles. The highest BCUT2D eigenvalue weighted by atomic mass is 35.5. The molecule has 0 unspecified atom stereocenters. The van der Waals surface area contributed by atoms with Crippen molar-refractivity contribution in [1.29, 1.82) is 0 Å². The molecule has 2 saturated carbocycles. The van der Waals surface area contributed by atoms with Crippen LogP contribution in [0.25, 0.3) is 0 Å². The first kappa shape index (κ1) is 13.6. The molecule has 0 saturated heterocycles. The number of carbonyl (C=O) groups is 2. The van der Waals surface area contributed by atoms with E-state index in [4.69, 9.17) is 11.6 Å². The fourth-order valence-electron chi connectivity index (χ4n) is 3.47. The number of benzene rings is 1. The fraction of sp³-hybridized carbons (Fsp3) is 0.500. The summed E-state index contributed by atoms with van der Waals surface area (Å²) in [4.78, 5) is 24.4. The molecular formula is C16H18ClNO2. The van der Waals surface area contributed by atoms with Crippen molar-refractivity contribution < 1.29 is 9.59 Å². The Kier molecular flexibility index (Phi) is 3.79. The molecule has 0 radical (unpaired) electrons. The zero-order chi connectivity index (χ0) is 14.1. The average Bonchev–Trinajstić information content (AvgIpc) is 2.41. The second kappa shape index (κ2) is 5.57. The molecule has 1 aromatic rings. The summed E-state index contributed by atoms with van der Waals surface area (Å²) in [7, 11) is 0. The van der Waals surface area contributed by atoms with Gasteiger partial charge in [-0.15, -0.1) is 0 Å². The molecule has 0 spiro atoms. The summed E-state index contributed by atoms with van der Waals surface area (Å²) in [5.74, 6) is 0.633. The van der Waals surface area contributed by atoms with Crippen LogP contribution in [0.15, 0.2) is 24.3 Å². The second-order valence-corrected chi connectivity index (χ2v) is 6.33. The highest BCUT2D eigenvalue weighted by Gasteiger charge is 2.41. The highest BCUT2D eigenvalue weighted by Crippen LogP contribution is 2.40. The Morgan fingerprint density at radius 1 is 1.10 bits per heavy atom. The van der Waals surface area contributed by atoms with E-state index in [-0.39, 0.29) is 23.7 Å². The Morgan fingerprint density at radius 3 is 2.30 bits per heavy atom. The van der Waals surface area contributed by atoms with Gasteiger partial charge in [-0.05, 0) is 49.9 Å². The lowest BCUT2D eigenvalue weighted by molar-refractivity contribution is -0.136. The van der Waals surface area contributed by atoms with E-state index in [2.05, 4.69) is 5.32 Å². The van der Waals surface area contributed by atoms with Gasteiger partial charge in [0.25, 0.3) is 0 Å². The lowest BCUT2D eigenvalue weighted by Crippen LogP contribution is -2.40. The first-order chi connectivity index (χ1) is 9.63. The van der Waals surface area contributed by atoms with Crippen LogP contribution >= 0.6 is 11.6 Å². The Morgan fingerprint density at radius 2 is 1.70 bits per heavy atom. The molecule has 1 aromatic carbocycles. The van der Waals surface area contributed by atoms with E-state index in [9.17, 15) is 9.59 Å². The van der Waals surface area contributed by atoms with E-state index >= 15 is 0 Å². The fourth-order valence-corrected chi connectivity index (χ4v) is 3.60. The summed E-state index contributed by atoms with van der Waals surface area (Å²) < 4.78 is 0. The number of carbonyl (C=O) groups excluding carboxylic acids is 2. The molecule has 0 aliphatic heterocycles. The van der Waals surface area contributed by atoms with Gasteiger partial charge in [0.2, 0.25) is 5.91 Å². The monoisotopic (exact) mass is 291 g/mol. The smallest absolute Gasteiger partial charge is 0.227 e. The predicted molar refractivity (Wildman–Crippen MR) is 78.6 cm³/mol. The summed E-state index contributed by atoms with van der Waals surface area (Å²) in [6.45, 7) is 0. The van der Waals surface area contributed by atoms with Crippen molar-refractivity contribution in [2.24, 2.45) is 17.8 Å². The van der Waals surface area contributed by atoms with E-state index in [1.54, 1.807) is 24.3 Å². The Bertz CT molecular complexity index is 510. The van der Waals surface area contributed by atoms with Crippen LogP contribution in [0.5, 0.6) is 0 Å². The van der Waals surface area contributed by atoms with Gasteiger partial charge in [0.1, 0.15) is 5.78 Å². The summed E-state index contributed by atoms with van der Waals surface area (Å²) in [5, 5.41) is 3.59. The van der Waals surface area contributed by atoms with Crippen molar-refractivity contribution in [3.8, 4) is 0 Å². The Balaban J connectivity index is 1.66. The van der Waals surface area contributed by atoms with Gasteiger partial charge in [-0.25, -0.2) is 0 Å². The van der Waals surface area contributed by atoms with Crippen molar-refractivity contribution in [3.05, 3.63) is 29.3 Å². The molecule has 2 aliphatic carbocycles. The number of hydrogen-bond acceptors (Lipinski definition) is 2. The second-order valence-electron chi connectivity index (χ2n) is 5.89. The average molecular weight is 292 g/mol. The van der Waals surface area contributed by atoms with Crippen molar-refractivity contribution >= 4 is 29.0 Å². The summed E-state index contributed by atoms with van der Waals surface area (Å²) >= 11 is 5.83. The molecule has 1 N–H and O–H groups in total. The first-order valence-corrected chi connectivity index (χ1v) is 7.61. The van der Waals surface area contributed by atoms with Gasteiger partial charge < -0.3 is 5.32 Å². The number of amides is 1. The van der Waals surface area contributed by atoms with Crippen molar-refractivity contribution in [1.82, 2.24) is 0 Å². The normalized spacial score (nSPS) is 29.1. The van der Waals surface area contributed by atoms with E-state index < -0.39 is 0 Å². The van der Waals surface area contributed by atoms with Crippen molar-refractivity contribution in [2.75, 3.05) is 5.32 Å². The van der Waals surface area contributed by atoms with Crippen LogP contribution in [-0.2, 0) is 9.59 Å². The maximum atomic E-state index is 12.3. The third-order valence-electron chi connectivity index (χ3n) is 4.53. The van der Waals surface area contributed by atoms with Gasteiger partial charge in [-0.2, -0.15) is 0 Å². The van der Waals surface area contributed by atoms with Gasteiger partial charge in [0, 0.05) is 28.5 Å². The van der Waals surface area contributed by atoms with Crippen molar-refractivity contribution in [3.63, 3.8) is 0 Å². The molecule has 3 nitrogen and oxygen atoms in total. The summed E-state index contributed by atoms with van der Waals surface area (Å²) in [6.07, 6.45) is 4.48. The summed E-state index contributed by atoms with van der Waals surface area (Å²) in [5.41, 5.74) is 0.765. The number of halogens is 1. The number of nitrogens with one attached hydrogen (secondary N) is 1. The summed E-state index contributed by atoms with van der Waals surface area (Å²) in [6, 6.07) is 7.12. The number of anilines is 1. The third-order valence-corrected chi connectivity index (χ3v) is 4.78. The van der Waals surface area contributed by atoms with Crippen LogP contribution in [0, 0.1) is 17.8 Å². The number of fused-ring (bicyclic) bond motifs is 2. The molecular weight excluding hydrogens is 274 g/mol. The molecule has 4 heteroatoms. The minimum Gasteiger partial charge on any atom is -0.326 e. The molecule has 2 atom stereocenters. The van der Waals surface area contributed by atoms with Gasteiger partial charge in [0.15, 0.2) is 0 Å². The molecule has 2 aliphatic rings. The van der Waals surface area contributed by atoms with Crippen LogP contribution in [0.1, 0.15) is 32.1 Å². The Hall–Kier alpha value is -1.35. The maximum Gasteiger partial charge on any atom is 0.227 e. The zero-order valence-corrected chi connectivity index (χ0v) is 12.0. The molecule has 0 heterocycles. The number of rotatable bonds is 2. The lowest BCUT2D eigenvalue weighted by atomic mass is 9.67. The van der Waals surface area contributed by atoms with Crippen LogP contribution < -0.4 is 5.32 Å². The lowest BCUT2D eigenvalue weighted by Gasteiger charge is -2.36. The predicted octanol–water partition coefficient (Wildman–Crippen LogP) is 3.67. The molecule has 20 heavy (non-hydrogen) atoms. The minimum absolute atomic E-state index is 0.0290. The van der Waals surface area contributed by atoms with E-state index in [1.807, 2.05) is 0 Å². The standard InChI is InChI=1S/C16H18ClNO2/c17-13-4-6-14(7-5-13)18-16(20)12-8-10-2-1-3-11(9-12)15(10)19/h4-7,10-12H,1-3,8-9H2,(H,18,20)/t10-,11-/m0/s1. The van der Waals surface area contributed by atoms with Crippen LogP contribution in [0.3, 0.4) is 0 Å². The van der Waals surface area contributed by atoms with Gasteiger partial charge >= 0.3 is 0 Å². The largest absolute Gasteiger partial charge is 0.326 e. The van der Waals surface area contributed by atoms with Crippen LogP contribution in [0.2, 0.25) is 5.02 Å². The van der Waals surface area contributed by atoms with Crippen LogP contribution in [0.4, 0.5) is 5.69 Å². The van der Waals surface area contributed by atoms with Gasteiger partial charge in [-0.1, -0.05) is 18.0 Å². The number of hydrogen-bond donors (Lipinski definition) is 1. The van der Waals surface area contributed by atoms with E-state index in [1.165, 1.54) is 0 Å². The van der Waals surface area contributed by atoms with Gasteiger partial charge in [0.05, 0.1) is 0 Å². The maximum absolute atomic E-state index is 12.3. The number of ketones is 1. The van der Waals surface area contributed by atoms with E-state index in [0.29, 0.717) is 10.8 Å². The highest BCUT2D eigenvalue weighted by molar-refractivity contribution is 6.30. The molecule has 1 amide bonds. The third kappa shape index (κ3) is 2.73. The SMILES string of the molecule is O=C(Nc1ccc(Cl)cc1)C1C[C@@H]2CCC[C@@H](C1)C2=O. The van der Waals surface area contributed by atoms with Crippen molar-refractivity contribution in [2.45, 2.75) is 32.1 Å². The number of Topliss-reactive ketones (excluding diaryl/α,β-unsaturated/α-hetero) is 1. The molecule has 2 fully saturated rings. The van der Waals surface area contributed by atoms with Crippen LogP contribution in [-0.4, -0.2) is 11.7 Å². The molecule has 3 rings (SSSR count). The zero-order valence-electron chi connectivity index (χ0n) is 11.3. The molecule has 2 bridgehead atoms.